The van der Waals surface area contributed by atoms with Crippen molar-refractivity contribution in [3.63, 3.8) is 0 Å². The summed E-state index contributed by atoms with van der Waals surface area (Å²) in [6.07, 6.45) is 0.930. The molecule has 29 heavy (non-hydrogen) atoms. The number of rotatable bonds is 6. The molecule has 0 aromatic heterocycles. The number of carbonyl (C=O) groups is 2. The zero-order valence-corrected chi connectivity index (χ0v) is 17.8. The number of amides is 2. The van der Waals surface area contributed by atoms with Gasteiger partial charge in [0.2, 0.25) is 11.8 Å². The molecule has 0 saturated carbocycles. The molecule has 2 amide bonds. The summed E-state index contributed by atoms with van der Waals surface area (Å²) in [5, 5.41) is 2.77. The Morgan fingerprint density at radius 1 is 1.07 bits per heavy atom. The Bertz CT molecular complexity index is 1040. The van der Waals surface area contributed by atoms with E-state index in [9.17, 15) is 18.0 Å². The molecule has 2 aromatic carbocycles. The van der Waals surface area contributed by atoms with Crippen LogP contribution < -0.4 is 10.2 Å². The highest BCUT2D eigenvalue weighted by atomic mass is 32.2. The van der Waals surface area contributed by atoms with E-state index in [4.69, 9.17) is 0 Å². The molecule has 7 heteroatoms. The number of aryl methyl sites for hydroxylation is 2. The highest BCUT2D eigenvalue weighted by Gasteiger charge is 2.26. The molecule has 0 atom stereocenters. The molecule has 2 aromatic rings. The van der Waals surface area contributed by atoms with E-state index in [1.165, 1.54) is 6.07 Å². The lowest BCUT2D eigenvalue weighted by Gasteiger charge is -2.16. The van der Waals surface area contributed by atoms with Crippen molar-refractivity contribution in [1.29, 1.82) is 0 Å². The van der Waals surface area contributed by atoms with Gasteiger partial charge in [0.05, 0.1) is 10.6 Å². The number of carbonyl (C=O) groups excluding carboxylic acids is 2. The first-order valence-corrected chi connectivity index (χ1v) is 11.4. The van der Waals surface area contributed by atoms with Crippen LogP contribution >= 0.6 is 0 Å². The van der Waals surface area contributed by atoms with Gasteiger partial charge in [-0.1, -0.05) is 13.0 Å². The second-order valence-corrected chi connectivity index (χ2v) is 9.54. The predicted molar refractivity (Wildman–Crippen MR) is 114 cm³/mol. The zero-order chi connectivity index (χ0) is 21.2. The van der Waals surface area contributed by atoms with Crippen molar-refractivity contribution in [2.24, 2.45) is 0 Å². The summed E-state index contributed by atoms with van der Waals surface area (Å²) in [7, 11) is -3.59. The number of hydrogen-bond donors (Lipinski definition) is 1. The van der Waals surface area contributed by atoms with Gasteiger partial charge in [0.1, 0.15) is 0 Å². The molecule has 0 bridgehead atoms. The predicted octanol–water partition coefficient (Wildman–Crippen LogP) is 3.41. The Morgan fingerprint density at radius 3 is 2.41 bits per heavy atom. The Hall–Kier alpha value is -2.67. The summed E-state index contributed by atoms with van der Waals surface area (Å²) >= 11 is 0. The van der Waals surface area contributed by atoms with Crippen LogP contribution in [0.15, 0.2) is 41.3 Å². The average Bonchev–Trinajstić information content (AvgIpc) is 3.08. The molecule has 3 rings (SSSR count). The zero-order valence-electron chi connectivity index (χ0n) is 17.0. The third-order valence-corrected chi connectivity index (χ3v) is 6.73. The molecule has 154 valence electrons. The molecule has 1 N–H and O–H groups in total. The van der Waals surface area contributed by atoms with Crippen LogP contribution in [0.1, 0.15) is 36.5 Å². The first-order valence-electron chi connectivity index (χ1n) is 9.74. The molecule has 0 spiro atoms. The minimum Gasteiger partial charge on any atom is -0.326 e. The van der Waals surface area contributed by atoms with Gasteiger partial charge in [-0.05, 0) is 67.3 Å². The Labute approximate surface area is 171 Å². The van der Waals surface area contributed by atoms with Crippen molar-refractivity contribution in [1.82, 2.24) is 0 Å². The number of anilines is 2. The minimum absolute atomic E-state index is 0.0300. The number of nitrogens with zero attached hydrogens (tertiary/aromatic N) is 1. The van der Waals surface area contributed by atoms with Gasteiger partial charge in [0, 0.05) is 30.8 Å². The number of fused-ring (bicyclic) bond motifs is 1. The smallest absolute Gasteiger partial charge is 0.226 e. The molecular formula is C22H26N2O4S. The summed E-state index contributed by atoms with van der Waals surface area (Å²) in [6.45, 7) is 6.26. The third-order valence-electron chi connectivity index (χ3n) is 5.01. The van der Waals surface area contributed by atoms with E-state index < -0.39 is 9.84 Å². The van der Waals surface area contributed by atoms with Gasteiger partial charge in [-0.2, -0.15) is 0 Å². The van der Waals surface area contributed by atoms with Gasteiger partial charge in [-0.25, -0.2) is 8.42 Å². The molecule has 0 fully saturated rings. The lowest BCUT2D eigenvalue weighted by molar-refractivity contribution is -0.118. The summed E-state index contributed by atoms with van der Waals surface area (Å²) in [4.78, 5) is 26.1. The highest BCUT2D eigenvalue weighted by molar-refractivity contribution is 7.91. The number of nitrogens with one attached hydrogen (secondary N) is 1. The van der Waals surface area contributed by atoms with Crippen molar-refractivity contribution in [2.45, 2.75) is 44.9 Å². The lowest BCUT2D eigenvalue weighted by atomic mass is 10.1. The Balaban J connectivity index is 1.67. The number of hydrogen-bond acceptors (Lipinski definition) is 4. The van der Waals surface area contributed by atoms with E-state index in [-0.39, 0.29) is 28.9 Å². The van der Waals surface area contributed by atoms with Crippen LogP contribution in [0.5, 0.6) is 0 Å². The largest absolute Gasteiger partial charge is 0.326 e. The van der Waals surface area contributed by atoms with Gasteiger partial charge in [0.15, 0.2) is 9.84 Å². The van der Waals surface area contributed by atoms with Crippen molar-refractivity contribution in [3.05, 3.63) is 53.1 Å². The topological polar surface area (TPSA) is 83.6 Å². The van der Waals surface area contributed by atoms with Crippen LogP contribution in [0.4, 0.5) is 11.4 Å². The van der Waals surface area contributed by atoms with E-state index in [1.54, 1.807) is 17.0 Å². The fourth-order valence-corrected chi connectivity index (χ4v) is 4.92. The summed E-state index contributed by atoms with van der Waals surface area (Å²) in [6, 6.07) is 10.6. The fraction of sp³-hybridized carbons (Fsp3) is 0.364. The fourth-order valence-electron chi connectivity index (χ4n) is 3.64. The van der Waals surface area contributed by atoms with Crippen LogP contribution in [-0.2, 0) is 25.8 Å². The lowest BCUT2D eigenvalue weighted by Crippen LogP contribution is -2.27. The first-order chi connectivity index (χ1) is 13.7. The molecule has 1 aliphatic heterocycles. The monoisotopic (exact) mass is 414 g/mol. The van der Waals surface area contributed by atoms with Crippen LogP contribution in [0, 0.1) is 13.8 Å². The normalized spacial score (nSPS) is 13.3. The quantitative estimate of drug-likeness (QED) is 0.785. The van der Waals surface area contributed by atoms with Crippen LogP contribution in [0.2, 0.25) is 0 Å². The summed E-state index contributed by atoms with van der Waals surface area (Å²) < 4.78 is 25.4. The number of benzene rings is 2. The average molecular weight is 415 g/mol. The van der Waals surface area contributed by atoms with Crippen molar-refractivity contribution in [3.8, 4) is 0 Å². The van der Waals surface area contributed by atoms with Crippen LogP contribution in [0.25, 0.3) is 0 Å². The SMILES string of the molecule is CCC(=O)N1CCc2cc(S(=O)(=O)CCC(=O)Nc3cc(C)cc(C)c3)ccc21. The molecule has 0 aliphatic carbocycles. The summed E-state index contributed by atoms with van der Waals surface area (Å²) in [5.41, 5.74) is 4.36. The van der Waals surface area contributed by atoms with Gasteiger partial charge in [-0.3, -0.25) is 9.59 Å². The first kappa shape index (κ1) is 21.0. The van der Waals surface area contributed by atoms with Crippen molar-refractivity contribution < 1.29 is 18.0 Å². The van der Waals surface area contributed by atoms with E-state index in [1.807, 2.05) is 39.0 Å². The van der Waals surface area contributed by atoms with Crippen LogP contribution in [0.3, 0.4) is 0 Å². The molecule has 1 aliphatic rings. The van der Waals surface area contributed by atoms with E-state index in [0.717, 1.165) is 22.4 Å². The number of sulfone groups is 1. The van der Waals surface area contributed by atoms with Gasteiger partial charge in [-0.15, -0.1) is 0 Å². The Kier molecular flexibility index (Phi) is 6.07. The van der Waals surface area contributed by atoms with E-state index in [2.05, 4.69) is 5.32 Å². The van der Waals surface area contributed by atoms with Crippen molar-refractivity contribution >= 4 is 33.0 Å². The molecule has 0 unspecified atom stereocenters. The van der Waals surface area contributed by atoms with Gasteiger partial charge >= 0.3 is 0 Å². The maximum absolute atomic E-state index is 12.7. The maximum atomic E-state index is 12.7. The van der Waals surface area contributed by atoms with E-state index in [0.29, 0.717) is 25.1 Å². The second kappa shape index (κ2) is 8.37. The Morgan fingerprint density at radius 2 is 1.76 bits per heavy atom. The minimum atomic E-state index is -3.59. The molecular weight excluding hydrogens is 388 g/mol. The van der Waals surface area contributed by atoms with Gasteiger partial charge in [0.25, 0.3) is 0 Å². The molecule has 0 radical (unpaired) electrons. The summed E-state index contributed by atoms with van der Waals surface area (Å²) in [5.74, 6) is -0.568. The second-order valence-electron chi connectivity index (χ2n) is 7.43. The molecule has 0 saturated heterocycles. The molecule has 1 heterocycles. The van der Waals surface area contributed by atoms with Gasteiger partial charge < -0.3 is 10.2 Å². The van der Waals surface area contributed by atoms with Crippen LogP contribution in [-0.4, -0.2) is 32.5 Å². The van der Waals surface area contributed by atoms with Crippen molar-refractivity contribution in [2.75, 3.05) is 22.5 Å². The molecule has 6 nitrogen and oxygen atoms in total. The highest BCUT2D eigenvalue weighted by Crippen LogP contribution is 2.31. The van der Waals surface area contributed by atoms with E-state index >= 15 is 0 Å². The third kappa shape index (κ3) is 4.85. The standard InChI is InChI=1S/C22H26N2O4S/c1-4-22(26)24-9-7-17-14-19(5-6-20(17)24)29(27,28)10-8-21(25)23-18-12-15(2)11-16(3)13-18/h5-6,11-14H,4,7-10H2,1-3H3,(H,23,25). The maximum Gasteiger partial charge on any atom is 0.226 e.